The second-order valence-electron chi connectivity index (χ2n) is 6.73. The lowest BCUT2D eigenvalue weighted by atomic mass is 9.82. The Morgan fingerprint density at radius 2 is 1.89 bits per heavy atom. The van der Waals surface area contributed by atoms with Crippen LogP contribution in [0.25, 0.3) is 0 Å². The molecule has 18 heavy (non-hydrogen) atoms. The second kappa shape index (κ2) is 5.92. The molecule has 2 heterocycles. The lowest BCUT2D eigenvalue weighted by Gasteiger charge is -2.35. The maximum Gasteiger partial charge on any atom is 0.0309 e. The number of likely N-dealkylation sites (tertiary alicyclic amines) is 1. The summed E-state index contributed by atoms with van der Waals surface area (Å²) in [6.07, 6.45) is 9.57. The van der Waals surface area contributed by atoms with Gasteiger partial charge >= 0.3 is 0 Å². The van der Waals surface area contributed by atoms with Crippen molar-refractivity contribution in [3.05, 3.63) is 0 Å². The third-order valence-electron chi connectivity index (χ3n) is 5.60. The van der Waals surface area contributed by atoms with Crippen molar-refractivity contribution in [2.24, 2.45) is 5.41 Å². The van der Waals surface area contributed by atoms with Crippen LogP contribution >= 0.6 is 0 Å². The van der Waals surface area contributed by atoms with E-state index in [0.29, 0.717) is 11.0 Å². The van der Waals surface area contributed by atoms with Crippen molar-refractivity contribution in [3.63, 3.8) is 0 Å². The van der Waals surface area contributed by atoms with Crippen LogP contribution in [-0.4, -0.2) is 36.6 Å². The molecule has 0 aromatic rings. The topological polar surface area (TPSA) is 15.3 Å². The van der Waals surface area contributed by atoms with Crippen molar-refractivity contribution in [1.29, 1.82) is 0 Å². The summed E-state index contributed by atoms with van der Waals surface area (Å²) in [5.74, 6) is 0. The van der Waals surface area contributed by atoms with Crippen molar-refractivity contribution >= 4 is 0 Å². The highest BCUT2D eigenvalue weighted by Crippen LogP contribution is 2.38. The van der Waals surface area contributed by atoms with Crippen molar-refractivity contribution in [3.8, 4) is 0 Å². The molecule has 0 aromatic heterocycles. The number of hydrogen-bond donors (Lipinski definition) is 1. The minimum Gasteiger partial charge on any atom is -0.310 e. The van der Waals surface area contributed by atoms with E-state index in [-0.39, 0.29) is 0 Å². The van der Waals surface area contributed by atoms with Crippen LogP contribution in [0.15, 0.2) is 0 Å². The summed E-state index contributed by atoms with van der Waals surface area (Å²) in [7, 11) is 0. The van der Waals surface area contributed by atoms with Gasteiger partial charge in [-0.1, -0.05) is 27.2 Å². The molecule has 1 atom stereocenters. The molecule has 106 valence electrons. The summed E-state index contributed by atoms with van der Waals surface area (Å²) in [6.45, 7) is 12.3. The molecule has 2 saturated heterocycles. The third-order valence-corrected chi connectivity index (χ3v) is 5.60. The zero-order chi connectivity index (χ0) is 13.1. The van der Waals surface area contributed by atoms with Crippen LogP contribution in [-0.2, 0) is 0 Å². The predicted octanol–water partition coefficient (Wildman–Crippen LogP) is 3.42. The average molecular weight is 252 g/mol. The Labute approximate surface area is 114 Å². The van der Waals surface area contributed by atoms with Gasteiger partial charge in [0.2, 0.25) is 0 Å². The van der Waals surface area contributed by atoms with E-state index < -0.39 is 0 Å². The molecule has 0 bridgehead atoms. The molecule has 0 saturated carbocycles. The average Bonchev–Trinajstić information content (AvgIpc) is 2.98. The molecule has 2 aliphatic rings. The van der Waals surface area contributed by atoms with Crippen LogP contribution in [0.2, 0.25) is 0 Å². The molecule has 0 aliphatic carbocycles. The van der Waals surface area contributed by atoms with Gasteiger partial charge in [0.15, 0.2) is 0 Å². The third kappa shape index (κ3) is 2.91. The molecule has 1 unspecified atom stereocenters. The number of nitrogens with one attached hydrogen (secondary N) is 1. The first-order chi connectivity index (χ1) is 8.67. The molecular weight excluding hydrogens is 220 g/mol. The van der Waals surface area contributed by atoms with Crippen molar-refractivity contribution in [2.45, 2.75) is 71.3 Å². The molecule has 2 rings (SSSR count). The molecule has 0 amide bonds. The van der Waals surface area contributed by atoms with Gasteiger partial charge in [-0.2, -0.15) is 0 Å². The Balaban J connectivity index is 1.93. The molecule has 2 nitrogen and oxygen atoms in total. The Hall–Kier alpha value is -0.0800. The lowest BCUT2D eigenvalue weighted by molar-refractivity contribution is 0.183. The molecule has 2 aliphatic heterocycles. The lowest BCUT2D eigenvalue weighted by Crippen LogP contribution is -2.49. The molecule has 0 aromatic carbocycles. The van der Waals surface area contributed by atoms with E-state index in [9.17, 15) is 0 Å². The second-order valence-corrected chi connectivity index (χ2v) is 6.73. The van der Waals surface area contributed by atoms with E-state index in [0.717, 1.165) is 0 Å². The Morgan fingerprint density at radius 1 is 1.11 bits per heavy atom. The minimum absolute atomic E-state index is 0.451. The smallest absolute Gasteiger partial charge is 0.0309 e. The zero-order valence-corrected chi connectivity index (χ0v) is 12.7. The van der Waals surface area contributed by atoms with Crippen molar-refractivity contribution < 1.29 is 0 Å². The minimum atomic E-state index is 0.451. The van der Waals surface area contributed by atoms with E-state index in [1.165, 1.54) is 71.1 Å². The number of hydrogen-bond acceptors (Lipinski definition) is 2. The van der Waals surface area contributed by atoms with Crippen LogP contribution in [0.5, 0.6) is 0 Å². The van der Waals surface area contributed by atoms with Gasteiger partial charge in [-0.05, 0) is 57.0 Å². The molecule has 0 spiro atoms. The fraction of sp³-hybridized carbons (Fsp3) is 1.00. The van der Waals surface area contributed by atoms with Crippen molar-refractivity contribution in [1.82, 2.24) is 10.2 Å². The van der Waals surface area contributed by atoms with Gasteiger partial charge in [0.05, 0.1) is 0 Å². The maximum absolute atomic E-state index is 3.82. The van der Waals surface area contributed by atoms with E-state index >= 15 is 0 Å². The highest BCUT2D eigenvalue weighted by atomic mass is 15.2. The molecule has 2 heteroatoms. The van der Waals surface area contributed by atoms with Crippen LogP contribution < -0.4 is 5.32 Å². The van der Waals surface area contributed by atoms with Gasteiger partial charge < -0.3 is 10.2 Å². The Morgan fingerprint density at radius 3 is 2.39 bits per heavy atom. The summed E-state index contributed by atoms with van der Waals surface area (Å²) in [5, 5.41) is 3.82. The highest BCUT2D eigenvalue weighted by Gasteiger charge is 2.40. The standard InChI is InChI=1S/C16H32N2/c1-4-8-16(9-7-11-17-16)14-18-12-10-15(5-2,6-3)13-18/h17H,4-14H2,1-3H3. The summed E-state index contributed by atoms with van der Waals surface area (Å²) in [4.78, 5) is 2.75. The van der Waals surface area contributed by atoms with Crippen LogP contribution in [0.4, 0.5) is 0 Å². The van der Waals surface area contributed by atoms with Gasteiger partial charge in [0.25, 0.3) is 0 Å². The van der Waals surface area contributed by atoms with Gasteiger partial charge in [-0.15, -0.1) is 0 Å². The molecular formula is C16H32N2. The first-order valence-electron chi connectivity index (χ1n) is 8.15. The predicted molar refractivity (Wildman–Crippen MR) is 78.9 cm³/mol. The summed E-state index contributed by atoms with van der Waals surface area (Å²) < 4.78 is 0. The van der Waals surface area contributed by atoms with Crippen molar-refractivity contribution in [2.75, 3.05) is 26.2 Å². The fourth-order valence-electron chi connectivity index (χ4n) is 4.19. The normalized spacial score (nSPS) is 32.2. The maximum atomic E-state index is 3.82. The monoisotopic (exact) mass is 252 g/mol. The van der Waals surface area contributed by atoms with Gasteiger partial charge in [0, 0.05) is 18.6 Å². The first-order valence-corrected chi connectivity index (χ1v) is 8.15. The largest absolute Gasteiger partial charge is 0.310 e. The summed E-state index contributed by atoms with van der Waals surface area (Å²) in [5.41, 5.74) is 1.08. The summed E-state index contributed by atoms with van der Waals surface area (Å²) >= 11 is 0. The van der Waals surface area contributed by atoms with Gasteiger partial charge in [-0.3, -0.25) is 0 Å². The Bertz CT molecular complexity index is 252. The fourth-order valence-corrected chi connectivity index (χ4v) is 4.19. The van der Waals surface area contributed by atoms with E-state index in [1.807, 2.05) is 0 Å². The van der Waals surface area contributed by atoms with Gasteiger partial charge in [-0.25, -0.2) is 0 Å². The zero-order valence-electron chi connectivity index (χ0n) is 12.7. The first kappa shape index (κ1) is 14.3. The Kier molecular flexibility index (Phi) is 4.71. The quantitative estimate of drug-likeness (QED) is 0.779. The molecule has 0 radical (unpaired) electrons. The van der Waals surface area contributed by atoms with Gasteiger partial charge in [0.1, 0.15) is 0 Å². The number of rotatable bonds is 6. The van der Waals surface area contributed by atoms with Crippen LogP contribution in [0.1, 0.15) is 65.7 Å². The highest BCUT2D eigenvalue weighted by molar-refractivity contribution is 4.98. The van der Waals surface area contributed by atoms with Crippen LogP contribution in [0.3, 0.4) is 0 Å². The van der Waals surface area contributed by atoms with Crippen LogP contribution in [0, 0.1) is 5.41 Å². The summed E-state index contributed by atoms with van der Waals surface area (Å²) in [6, 6.07) is 0. The van der Waals surface area contributed by atoms with E-state index in [4.69, 9.17) is 0 Å². The number of nitrogens with zero attached hydrogens (tertiary/aromatic N) is 1. The van der Waals surface area contributed by atoms with E-state index in [1.54, 1.807) is 0 Å². The van der Waals surface area contributed by atoms with E-state index in [2.05, 4.69) is 31.0 Å². The SMILES string of the molecule is CCCC1(CN2CCC(CC)(CC)C2)CCCN1. The molecule has 1 N–H and O–H groups in total. The molecule has 2 fully saturated rings.